The van der Waals surface area contributed by atoms with Gasteiger partial charge in [0, 0.05) is 4.88 Å². The van der Waals surface area contributed by atoms with Crippen molar-refractivity contribution in [2.45, 2.75) is 0 Å². The lowest BCUT2D eigenvalue weighted by atomic mass is 10.5. The molecule has 0 aliphatic carbocycles. The summed E-state index contributed by atoms with van der Waals surface area (Å²) >= 11 is 6.54. The quantitative estimate of drug-likeness (QED) is 0.607. The van der Waals surface area contributed by atoms with Crippen molar-refractivity contribution >= 4 is 29.8 Å². The SMILES string of the molecule is S=c1[nH]ncn1N=Cc1cccs1. The summed E-state index contributed by atoms with van der Waals surface area (Å²) in [6.07, 6.45) is 3.28. The largest absolute Gasteiger partial charge is 0.250 e. The zero-order valence-electron chi connectivity index (χ0n) is 6.54. The average molecular weight is 210 g/mol. The van der Waals surface area contributed by atoms with Crippen LogP contribution < -0.4 is 0 Å². The molecule has 13 heavy (non-hydrogen) atoms. The van der Waals surface area contributed by atoms with E-state index < -0.39 is 0 Å². The molecule has 2 heterocycles. The number of rotatable bonds is 2. The number of hydrogen-bond donors (Lipinski definition) is 1. The normalized spacial score (nSPS) is 11.1. The fraction of sp³-hybridized carbons (Fsp3) is 0. The first-order valence-corrected chi connectivity index (χ1v) is 4.85. The van der Waals surface area contributed by atoms with Crippen LogP contribution in [0.4, 0.5) is 0 Å². The number of aromatic amines is 1. The molecule has 0 fully saturated rings. The Balaban J connectivity index is 2.24. The maximum atomic E-state index is 4.91. The van der Waals surface area contributed by atoms with Crippen molar-refractivity contribution < 1.29 is 0 Å². The average Bonchev–Trinajstić information content (AvgIpc) is 2.72. The van der Waals surface area contributed by atoms with Crippen molar-refractivity contribution in [2.75, 3.05) is 0 Å². The summed E-state index contributed by atoms with van der Waals surface area (Å²) in [4.78, 5) is 1.09. The molecule has 0 amide bonds. The standard InChI is InChI=1S/C7H6N4S2/c12-7-10-8-5-11(7)9-4-6-2-1-3-13-6/h1-5H,(H,10,12). The summed E-state index contributed by atoms with van der Waals surface area (Å²) in [7, 11) is 0. The van der Waals surface area contributed by atoms with E-state index in [4.69, 9.17) is 12.2 Å². The summed E-state index contributed by atoms with van der Waals surface area (Å²) < 4.78 is 2.00. The first-order valence-electron chi connectivity index (χ1n) is 3.56. The van der Waals surface area contributed by atoms with E-state index in [2.05, 4.69) is 15.3 Å². The summed E-state index contributed by atoms with van der Waals surface area (Å²) in [5.74, 6) is 0. The summed E-state index contributed by atoms with van der Waals surface area (Å²) in [6, 6.07) is 3.96. The van der Waals surface area contributed by atoms with Gasteiger partial charge >= 0.3 is 0 Å². The lowest BCUT2D eigenvalue weighted by molar-refractivity contribution is 0.863. The Kier molecular flexibility index (Phi) is 2.33. The Labute approximate surface area is 83.5 Å². The van der Waals surface area contributed by atoms with Gasteiger partial charge in [0.1, 0.15) is 6.33 Å². The molecule has 0 saturated carbocycles. The summed E-state index contributed by atoms with van der Waals surface area (Å²) in [6.45, 7) is 0. The molecule has 0 spiro atoms. The van der Waals surface area contributed by atoms with E-state index in [1.807, 2.05) is 17.5 Å². The van der Waals surface area contributed by atoms with Crippen molar-refractivity contribution in [3.63, 3.8) is 0 Å². The molecule has 0 saturated heterocycles. The third-order valence-electron chi connectivity index (χ3n) is 1.39. The Morgan fingerprint density at radius 3 is 3.23 bits per heavy atom. The second-order valence-corrected chi connectivity index (χ2v) is 3.63. The van der Waals surface area contributed by atoms with E-state index in [-0.39, 0.29) is 0 Å². The van der Waals surface area contributed by atoms with E-state index >= 15 is 0 Å². The lowest BCUT2D eigenvalue weighted by Gasteiger charge is -1.86. The van der Waals surface area contributed by atoms with Gasteiger partial charge in [0.05, 0.1) is 6.21 Å². The predicted molar refractivity (Wildman–Crippen MR) is 54.7 cm³/mol. The van der Waals surface area contributed by atoms with Crippen LogP contribution in [-0.4, -0.2) is 21.1 Å². The highest BCUT2D eigenvalue weighted by Crippen LogP contribution is 2.04. The van der Waals surface area contributed by atoms with Crippen LogP contribution >= 0.6 is 23.6 Å². The second kappa shape index (κ2) is 3.63. The molecule has 1 N–H and O–H groups in total. The van der Waals surface area contributed by atoms with Gasteiger partial charge in [-0.2, -0.15) is 14.9 Å². The molecular formula is C7H6N4S2. The number of nitrogens with zero attached hydrogens (tertiary/aromatic N) is 3. The molecule has 0 atom stereocenters. The van der Waals surface area contributed by atoms with Crippen LogP contribution in [0.15, 0.2) is 28.9 Å². The smallest absolute Gasteiger partial charge is 0.216 e. The highest BCUT2D eigenvalue weighted by Gasteiger charge is 1.89. The van der Waals surface area contributed by atoms with Gasteiger partial charge in [0.15, 0.2) is 0 Å². The molecule has 0 aliphatic heterocycles. The van der Waals surface area contributed by atoms with Crippen LogP contribution in [0.5, 0.6) is 0 Å². The molecule has 0 bridgehead atoms. The van der Waals surface area contributed by atoms with Gasteiger partial charge < -0.3 is 0 Å². The Bertz CT molecular complexity index is 451. The fourth-order valence-corrected chi connectivity index (χ4v) is 1.53. The van der Waals surface area contributed by atoms with Gasteiger partial charge in [-0.1, -0.05) is 6.07 Å². The maximum absolute atomic E-state index is 4.91. The van der Waals surface area contributed by atoms with Crippen LogP contribution in [0.2, 0.25) is 0 Å². The van der Waals surface area contributed by atoms with Crippen LogP contribution in [0.25, 0.3) is 0 Å². The third-order valence-corrected chi connectivity index (χ3v) is 2.47. The van der Waals surface area contributed by atoms with Crippen molar-refractivity contribution in [3.8, 4) is 0 Å². The molecule has 0 aromatic carbocycles. The van der Waals surface area contributed by atoms with Gasteiger partial charge in [0.2, 0.25) is 4.77 Å². The first kappa shape index (κ1) is 8.33. The van der Waals surface area contributed by atoms with Crippen molar-refractivity contribution in [2.24, 2.45) is 5.10 Å². The van der Waals surface area contributed by atoms with Crippen LogP contribution in [-0.2, 0) is 0 Å². The van der Waals surface area contributed by atoms with Crippen LogP contribution in [0.1, 0.15) is 4.88 Å². The Hall–Kier alpha value is -1.27. The molecule has 0 aliphatic rings. The molecule has 2 aromatic heterocycles. The van der Waals surface area contributed by atoms with Crippen molar-refractivity contribution in [1.82, 2.24) is 14.9 Å². The van der Waals surface area contributed by atoms with E-state index in [0.29, 0.717) is 4.77 Å². The number of aromatic nitrogens is 3. The monoisotopic (exact) mass is 210 g/mol. The summed E-state index contributed by atoms with van der Waals surface area (Å²) in [5.41, 5.74) is 0. The van der Waals surface area contributed by atoms with Crippen molar-refractivity contribution in [3.05, 3.63) is 33.5 Å². The minimum Gasteiger partial charge on any atom is -0.250 e. The Morgan fingerprint density at radius 2 is 2.62 bits per heavy atom. The second-order valence-electron chi connectivity index (χ2n) is 2.27. The van der Waals surface area contributed by atoms with Gasteiger partial charge in [-0.3, -0.25) is 5.10 Å². The molecular weight excluding hydrogens is 204 g/mol. The molecule has 2 rings (SSSR count). The maximum Gasteiger partial charge on any atom is 0.216 e. The van der Waals surface area contributed by atoms with Crippen LogP contribution in [0, 0.1) is 4.77 Å². The van der Waals surface area contributed by atoms with Crippen LogP contribution in [0.3, 0.4) is 0 Å². The minimum absolute atomic E-state index is 0.493. The van der Waals surface area contributed by atoms with Gasteiger partial charge in [-0.05, 0) is 23.7 Å². The Morgan fingerprint density at radius 1 is 1.69 bits per heavy atom. The predicted octanol–water partition coefficient (Wildman–Crippen LogP) is 1.88. The number of hydrogen-bond acceptors (Lipinski definition) is 4. The molecule has 4 nitrogen and oxygen atoms in total. The minimum atomic E-state index is 0.493. The zero-order valence-corrected chi connectivity index (χ0v) is 8.18. The van der Waals surface area contributed by atoms with Gasteiger partial charge in [-0.15, -0.1) is 11.3 Å². The van der Waals surface area contributed by atoms with Crippen molar-refractivity contribution in [1.29, 1.82) is 0 Å². The fourth-order valence-electron chi connectivity index (χ4n) is 0.809. The van der Waals surface area contributed by atoms with E-state index in [1.165, 1.54) is 11.0 Å². The van der Waals surface area contributed by atoms with E-state index in [9.17, 15) is 0 Å². The van der Waals surface area contributed by atoms with Gasteiger partial charge in [-0.25, -0.2) is 0 Å². The summed E-state index contributed by atoms with van der Waals surface area (Å²) in [5, 5.41) is 12.5. The highest BCUT2D eigenvalue weighted by atomic mass is 32.1. The topological polar surface area (TPSA) is 46.0 Å². The molecule has 0 unspecified atom stereocenters. The highest BCUT2D eigenvalue weighted by molar-refractivity contribution is 7.71. The molecule has 0 radical (unpaired) electrons. The lowest BCUT2D eigenvalue weighted by Crippen LogP contribution is -1.86. The third kappa shape index (κ3) is 1.90. The van der Waals surface area contributed by atoms with E-state index in [1.54, 1.807) is 17.6 Å². The van der Waals surface area contributed by atoms with E-state index in [0.717, 1.165) is 4.88 Å². The number of nitrogens with one attached hydrogen (secondary N) is 1. The zero-order chi connectivity index (χ0) is 9.10. The van der Waals surface area contributed by atoms with Gasteiger partial charge in [0.25, 0.3) is 0 Å². The molecule has 2 aromatic rings. The first-order chi connectivity index (χ1) is 6.36. The number of H-pyrrole nitrogens is 1. The molecule has 66 valence electrons. The number of thiophene rings is 1. The molecule has 6 heteroatoms.